The lowest BCUT2D eigenvalue weighted by Gasteiger charge is -2.00. The van der Waals surface area contributed by atoms with Crippen LogP contribution in [0.3, 0.4) is 0 Å². The molecule has 0 unspecified atom stereocenters. The van der Waals surface area contributed by atoms with Crippen LogP contribution in [0.5, 0.6) is 0 Å². The summed E-state index contributed by atoms with van der Waals surface area (Å²) in [6.45, 7) is 6.50. The van der Waals surface area contributed by atoms with Crippen LogP contribution in [0.15, 0.2) is 24.3 Å². The zero-order valence-electron chi connectivity index (χ0n) is 11.3. The highest BCUT2D eigenvalue weighted by atomic mass is 19.4. The average Bonchev–Trinajstić information content (AvgIpc) is 2.25. The van der Waals surface area contributed by atoms with Gasteiger partial charge in [-0.3, -0.25) is 4.79 Å². The molecule has 0 amide bonds. The van der Waals surface area contributed by atoms with E-state index in [1.165, 1.54) is 0 Å². The molecule has 0 spiro atoms. The van der Waals surface area contributed by atoms with Crippen molar-refractivity contribution >= 4 is 11.9 Å². The zero-order chi connectivity index (χ0) is 15.9. The van der Waals surface area contributed by atoms with Crippen LogP contribution < -0.4 is 0 Å². The van der Waals surface area contributed by atoms with E-state index in [9.17, 15) is 26.7 Å². The van der Waals surface area contributed by atoms with E-state index in [1.54, 1.807) is 0 Å². The van der Waals surface area contributed by atoms with Crippen LogP contribution in [-0.4, -0.2) is 12.0 Å². The molecule has 0 radical (unpaired) electrons. The van der Waals surface area contributed by atoms with Crippen molar-refractivity contribution in [3.8, 4) is 0 Å². The summed E-state index contributed by atoms with van der Waals surface area (Å²) >= 11 is 0. The zero-order valence-corrected chi connectivity index (χ0v) is 11.3. The minimum Gasteiger partial charge on any atom is -0.285 e. The number of allylic oxidation sites excluding steroid dienone is 1. The van der Waals surface area contributed by atoms with Gasteiger partial charge < -0.3 is 0 Å². The Morgan fingerprint density at radius 3 is 2.05 bits per heavy atom. The van der Waals surface area contributed by atoms with Gasteiger partial charge in [0.05, 0.1) is 0 Å². The molecule has 1 aromatic rings. The Kier molecular flexibility index (Phi) is 7.10. The molecule has 6 heteroatoms. The number of carbonyl (C=O) groups excluding carboxylic acids is 1. The fourth-order valence-corrected chi connectivity index (χ4v) is 0.897. The highest BCUT2D eigenvalue weighted by Crippen LogP contribution is 2.18. The molecule has 112 valence electrons. The molecule has 1 nitrogen and oxygen atoms in total. The summed E-state index contributed by atoms with van der Waals surface area (Å²) in [7, 11) is 0. The molecule has 1 aromatic carbocycles. The molecule has 0 fully saturated rings. The Bertz CT molecular complexity index is 472. The van der Waals surface area contributed by atoms with Crippen LogP contribution in [0, 0.1) is 17.6 Å². The second-order valence-electron chi connectivity index (χ2n) is 4.59. The van der Waals surface area contributed by atoms with Crippen molar-refractivity contribution in [2.75, 3.05) is 0 Å². The monoisotopic (exact) mass is 294 g/mol. The summed E-state index contributed by atoms with van der Waals surface area (Å²) in [5, 5.41) is 0. The van der Waals surface area contributed by atoms with E-state index in [4.69, 9.17) is 0 Å². The Morgan fingerprint density at radius 2 is 1.65 bits per heavy atom. The molecule has 0 saturated heterocycles. The van der Waals surface area contributed by atoms with Crippen molar-refractivity contribution in [2.45, 2.75) is 26.9 Å². The second-order valence-corrected chi connectivity index (χ2v) is 4.59. The van der Waals surface area contributed by atoms with Gasteiger partial charge in [0.1, 0.15) is 11.6 Å². The van der Waals surface area contributed by atoms with Gasteiger partial charge >= 0.3 is 6.18 Å². The summed E-state index contributed by atoms with van der Waals surface area (Å²) in [4.78, 5) is 10.4. The molecule has 1 rings (SSSR count). The van der Waals surface area contributed by atoms with Crippen LogP contribution in [0.1, 0.15) is 26.3 Å². The summed E-state index contributed by atoms with van der Waals surface area (Å²) in [6.07, 6.45) is -4.16. The first-order chi connectivity index (χ1) is 9.04. The third-order valence-corrected chi connectivity index (χ3v) is 1.66. The van der Waals surface area contributed by atoms with E-state index in [-0.39, 0.29) is 11.6 Å². The Morgan fingerprint density at radius 1 is 1.15 bits per heavy atom. The molecular weight excluding hydrogens is 279 g/mol. The van der Waals surface area contributed by atoms with Crippen molar-refractivity contribution in [3.05, 3.63) is 41.5 Å². The first-order valence-electron chi connectivity index (χ1n) is 5.78. The standard InChI is InChI=1S/C10H5F5O.C4H10/c11-7-3-1-6(8(12)5-7)2-4-9(16)10(13,14)15;1-4(2)3/h1-5H;4H,1-3H3/b4-2+;. The number of rotatable bonds is 2. The maximum absolute atomic E-state index is 12.9. The Balaban J connectivity index is 0.000000796. The molecule has 0 heterocycles. The smallest absolute Gasteiger partial charge is 0.285 e. The van der Waals surface area contributed by atoms with E-state index in [1.807, 2.05) is 0 Å². The molecule has 20 heavy (non-hydrogen) atoms. The van der Waals surface area contributed by atoms with Crippen molar-refractivity contribution in [2.24, 2.45) is 5.92 Å². The summed E-state index contributed by atoms with van der Waals surface area (Å²) < 4.78 is 60.6. The van der Waals surface area contributed by atoms with Gasteiger partial charge in [-0.1, -0.05) is 20.8 Å². The summed E-state index contributed by atoms with van der Waals surface area (Å²) in [5.74, 6) is -3.15. The van der Waals surface area contributed by atoms with Gasteiger partial charge in [-0.2, -0.15) is 13.2 Å². The molecule has 0 aliphatic carbocycles. The van der Waals surface area contributed by atoms with Gasteiger partial charge in [0, 0.05) is 11.6 Å². The maximum atomic E-state index is 12.9. The average molecular weight is 294 g/mol. The van der Waals surface area contributed by atoms with Crippen molar-refractivity contribution in [1.29, 1.82) is 0 Å². The highest BCUT2D eigenvalue weighted by molar-refractivity contribution is 5.97. The first-order valence-corrected chi connectivity index (χ1v) is 5.78. The fraction of sp³-hybridized carbons (Fsp3) is 0.357. The molecule has 0 saturated carbocycles. The van der Waals surface area contributed by atoms with Crippen molar-refractivity contribution in [1.82, 2.24) is 0 Å². The lowest BCUT2D eigenvalue weighted by atomic mass is 10.2. The Labute approximate surface area is 114 Å². The number of hydrogen-bond acceptors (Lipinski definition) is 1. The first kappa shape index (κ1) is 18.3. The molecule has 0 atom stereocenters. The van der Waals surface area contributed by atoms with E-state index >= 15 is 0 Å². The number of benzene rings is 1. The molecule has 0 aromatic heterocycles. The predicted octanol–water partition coefficient (Wildman–Crippen LogP) is 4.77. The number of halogens is 5. The molecule has 0 aliphatic rings. The topological polar surface area (TPSA) is 17.1 Å². The third kappa shape index (κ3) is 7.66. The predicted molar refractivity (Wildman–Crippen MR) is 67.0 cm³/mol. The molecule has 0 bridgehead atoms. The van der Waals surface area contributed by atoms with Gasteiger partial charge in [0.15, 0.2) is 0 Å². The van der Waals surface area contributed by atoms with Gasteiger partial charge in [0.2, 0.25) is 0 Å². The normalized spacial score (nSPS) is 11.4. The maximum Gasteiger partial charge on any atom is 0.454 e. The van der Waals surface area contributed by atoms with E-state index in [0.717, 1.165) is 18.1 Å². The second kappa shape index (κ2) is 7.77. The number of carbonyl (C=O) groups is 1. The Hall–Kier alpha value is -1.72. The van der Waals surface area contributed by atoms with Crippen LogP contribution in [-0.2, 0) is 4.79 Å². The SMILES string of the molecule is CC(C)C.O=C(/C=C/c1ccc(F)cc1F)C(F)(F)F. The van der Waals surface area contributed by atoms with Crippen LogP contribution >= 0.6 is 0 Å². The molecular formula is C14H15F5O. The third-order valence-electron chi connectivity index (χ3n) is 1.66. The lowest BCUT2D eigenvalue weighted by molar-refractivity contribution is -0.165. The van der Waals surface area contributed by atoms with Gasteiger partial charge in [0.25, 0.3) is 5.78 Å². The fourth-order valence-electron chi connectivity index (χ4n) is 0.897. The van der Waals surface area contributed by atoms with E-state index in [2.05, 4.69) is 20.8 Å². The number of hydrogen-bond donors (Lipinski definition) is 0. The largest absolute Gasteiger partial charge is 0.454 e. The van der Waals surface area contributed by atoms with Gasteiger partial charge in [-0.25, -0.2) is 8.78 Å². The lowest BCUT2D eigenvalue weighted by Crippen LogP contribution is -2.19. The quantitative estimate of drug-likeness (QED) is 0.567. The molecule has 0 aliphatic heterocycles. The van der Waals surface area contributed by atoms with Gasteiger partial charge in [-0.15, -0.1) is 0 Å². The van der Waals surface area contributed by atoms with E-state index in [0.29, 0.717) is 12.1 Å². The minimum atomic E-state index is -4.99. The highest BCUT2D eigenvalue weighted by Gasteiger charge is 2.35. The summed E-state index contributed by atoms with van der Waals surface area (Å²) in [5.41, 5.74) is -0.293. The van der Waals surface area contributed by atoms with Gasteiger partial charge in [-0.05, 0) is 30.2 Å². The minimum absolute atomic E-state index is 0.191. The van der Waals surface area contributed by atoms with E-state index < -0.39 is 23.6 Å². The van der Waals surface area contributed by atoms with Crippen LogP contribution in [0.25, 0.3) is 6.08 Å². The number of ketones is 1. The van der Waals surface area contributed by atoms with Crippen LogP contribution in [0.4, 0.5) is 22.0 Å². The van der Waals surface area contributed by atoms with Crippen LogP contribution in [0.2, 0.25) is 0 Å². The molecule has 0 N–H and O–H groups in total. The van der Waals surface area contributed by atoms with Crippen molar-refractivity contribution < 1.29 is 26.7 Å². The van der Waals surface area contributed by atoms with Crippen molar-refractivity contribution in [3.63, 3.8) is 0 Å². The number of alkyl halides is 3. The summed E-state index contributed by atoms with van der Waals surface area (Å²) in [6, 6.07) is 2.32.